The summed E-state index contributed by atoms with van der Waals surface area (Å²) in [5, 5.41) is 3.98. The highest BCUT2D eigenvalue weighted by Gasteiger charge is 2.13. The van der Waals surface area contributed by atoms with Crippen molar-refractivity contribution in [2.75, 3.05) is 5.32 Å². The summed E-state index contributed by atoms with van der Waals surface area (Å²) in [5.41, 5.74) is 1.26. The lowest BCUT2D eigenvalue weighted by Crippen LogP contribution is -2.21. The van der Waals surface area contributed by atoms with Crippen molar-refractivity contribution in [3.05, 3.63) is 101 Å². The molecular formula is C22H13ClF2N2O2. The average molecular weight is 411 g/mol. The fourth-order valence-electron chi connectivity index (χ4n) is 2.72. The molecule has 1 amide bonds. The number of para-hydroxylation sites is 1. The number of carbonyl (C=O) groups is 1. The van der Waals surface area contributed by atoms with Crippen LogP contribution in [0.1, 0.15) is 10.4 Å². The lowest BCUT2D eigenvalue weighted by Gasteiger charge is -2.07. The van der Waals surface area contributed by atoms with Gasteiger partial charge in [-0.25, -0.2) is 13.8 Å². The Morgan fingerprint density at radius 1 is 0.931 bits per heavy atom. The lowest BCUT2D eigenvalue weighted by molar-refractivity contribution is 0.102. The molecule has 0 spiro atoms. The normalized spacial score (nSPS) is 11.6. The molecule has 4 nitrogen and oxygen atoms in total. The zero-order valence-corrected chi connectivity index (χ0v) is 15.6. The maximum absolute atomic E-state index is 13.6. The summed E-state index contributed by atoms with van der Waals surface area (Å²) in [6.45, 7) is 0. The van der Waals surface area contributed by atoms with Gasteiger partial charge < -0.3 is 9.73 Å². The Bertz CT molecular complexity index is 1280. The zero-order chi connectivity index (χ0) is 20.4. The number of hydrogen-bond acceptors (Lipinski definition) is 3. The second-order valence-corrected chi connectivity index (χ2v) is 6.61. The number of carbonyl (C=O) groups excluding carboxylic acids is 1. The van der Waals surface area contributed by atoms with Crippen molar-refractivity contribution in [1.82, 2.24) is 0 Å². The molecule has 144 valence electrons. The molecule has 1 N–H and O–H groups in total. The molecule has 0 saturated heterocycles. The number of anilines is 1. The summed E-state index contributed by atoms with van der Waals surface area (Å²) in [6, 6.07) is 18.5. The molecule has 0 bridgehead atoms. The van der Waals surface area contributed by atoms with Gasteiger partial charge >= 0.3 is 0 Å². The van der Waals surface area contributed by atoms with Crippen LogP contribution >= 0.6 is 11.6 Å². The van der Waals surface area contributed by atoms with Gasteiger partial charge in [0.25, 0.3) is 5.91 Å². The first-order valence-electron chi connectivity index (χ1n) is 8.59. The molecule has 0 atom stereocenters. The number of halogens is 3. The standard InChI is InChI=1S/C22H13ClF2N2O2/c23-14-5-7-15(8-6-14)26-21(28)17-11-13-3-1-2-4-20(13)29-22(17)27-16-9-10-18(24)19(25)12-16/h1-12H,(H,26,28). The molecule has 29 heavy (non-hydrogen) atoms. The molecular weight excluding hydrogens is 398 g/mol. The van der Waals surface area contributed by atoms with Crippen molar-refractivity contribution < 1.29 is 18.0 Å². The van der Waals surface area contributed by atoms with Gasteiger partial charge in [0.1, 0.15) is 11.1 Å². The largest absolute Gasteiger partial charge is 0.438 e. The Kier molecular flexibility index (Phi) is 5.10. The van der Waals surface area contributed by atoms with Crippen LogP contribution in [0.2, 0.25) is 5.02 Å². The van der Waals surface area contributed by atoms with Gasteiger partial charge in [-0.3, -0.25) is 4.79 Å². The van der Waals surface area contributed by atoms with Gasteiger partial charge in [0, 0.05) is 22.2 Å². The summed E-state index contributed by atoms with van der Waals surface area (Å²) in [4.78, 5) is 17.1. The molecule has 3 aromatic carbocycles. The van der Waals surface area contributed by atoms with Crippen LogP contribution in [0.15, 0.2) is 82.2 Å². The van der Waals surface area contributed by atoms with E-state index in [1.807, 2.05) is 6.07 Å². The van der Waals surface area contributed by atoms with E-state index in [2.05, 4.69) is 10.3 Å². The molecule has 0 aliphatic rings. The Hall–Kier alpha value is -3.51. The minimum atomic E-state index is -1.04. The highest BCUT2D eigenvalue weighted by Crippen LogP contribution is 2.19. The monoisotopic (exact) mass is 410 g/mol. The van der Waals surface area contributed by atoms with Crippen molar-refractivity contribution in [2.24, 2.45) is 4.99 Å². The maximum atomic E-state index is 13.6. The third-order valence-electron chi connectivity index (χ3n) is 4.14. The van der Waals surface area contributed by atoms with Gasteiger partial charge in [0.15, 0.2) is 11.6 Å². The number of amides is 1. The minimum absolute atomic E-state index is 0.0267. The van der Waals surface area contributed by atoms with Crippen LogP contribution in [0.3, 0.4) is 0 Å². The Morgan fingerprint density at radius 3 is 2.45 bits per heavy atom. The molecule has 0 radical (unpaired) electrons. The fourth-order valence-corrected chi connectivity index (χ4v) is 2.84. The lowest BCUT2D eigenvalue weighted by atomic mass is 10.1. The van der Waals surface area contributed by atoms with Gasteiger partial charge in [0.2, 0.25) is 5.55 Å². The summed E-state index contributed by atoms with van der Waals surface area (Å²) in [6.07, 6.45) is 0. The molecule has 4 rings (SSSR count). The summed E-state index contributed by atoms with van der Waals surface area (Å²) in [7, 11) is 0. The van der Waals surface area contributed by atoms with Gasteiger partial charge in [-0.1, -0.05) is 29.8 Å². The molecule has 7 heteroatoms. The average Bonchev–Trinajstić information content (AvgIpc) is 2.72. The predicted molar refractivity (Wildman–Crippen MR) is 107 cm³/mol. The van der Waals surface area contributed by atoms with E-state index in [-0.39, 0.29) is 16.8 Å². The second kappa shape index (κ2) is 7.85. The van der Waals surface area contributed by atoms with E-state index < -0.39 is 17.5 Å². The topological polar surface area (TPSA) is 54.6 Å². The number of nitrogens with zero attached hydrogens (tertiary/aromatic N) is 1. The molecule has 4 aromatic rings. The van der Waals surface area contributed by atoms with Crippen molar-refractivity contribution in [1.29, 1.82) is 0 Å². The summed E-state index contributed by atoms with van der Waals surface area (Å²) < 4.78 is 32.5. The molecule has 0 aliphatic heterocycles. The number of rotatable bonds is 3. The van der Waals surface area contributed by atoms with Crippen LogP contribution in [-0.2, 0) is 0 Å². The van der Waals surface area contributed by atoms with E-state index in [0.29, 0.717) is 21.7 Å². The quantitative estimate of drug-likeness (QED) is 0.460. The molecule has 1 heterocycles. The number of hydrogen-bond donors (Lipinski definition) is 1. The van der Waals surface area contributed by atoms with Crippen molar-refractivity contribution in [3.8, 4) is 0 Å². The Labute approximate surface area is 169 Å². The highest BCUT2D eigenvalue weighted by molar-refractivity contribution is 6.30. The van der Waals surface area contributed by atoms with Gasteiger partial charge in [-0.05, 0) is 48.5 Å². The SMILES string of the molecule is O=C(Nc1ccc(Cl)cc1)c1cc2ccccc2oc1=Nc1ccc(F)c(F)c1. The zero-order valence-electron chi connectivity index (χ0n) is 14.8. The van der Waals surface area contributed by atoms with E-state index in [9.17, 15) is 13.6 Å². The summed E-state index contributed by atoms with van der Waals surface area (Å²) >= 11 is 5.87. The number of fused-ring (bicyclic) bond motifs is 1. The van der Waals surface area contributed by atoms with Crippen molar-refractivity contribution in [2.45, 2.75) is 0 Å². The number of nitrogens with one attached hydrogen (secondary N) is 1. The van der Waals surface area contributed by atoms with E-state index >= 15 is 0 Å². The molecule has 0 fully saturated rings. The predicted octanol–water partition coefficient (Wildman–Crippen LogP) is 5.85. The molecule has 0 unspecified atom stereocenters. The van der Waals surface area contributed by atoms with Crippen molar-refractivity contribution >= 4 is 39.9 Å². The smallest absolute Gasteiger partial charge is 0.261 e. The Balaban J connectivity index is 1.83. The van der Waals surface area contributed by atoms with Gasteiger partial charge in [-0.2, -0.15) is 0 Å². The van der Waals surface area contributed by atoms with Crippen LogP contribution in [0.5, 0.6) is 0 Å². The van der Waals surface area contributed by atoms with E-state index in [0.717, 1.165) is 12.1 Å². The summed E-state index contributed by atoms with van der Waals surface area (Å²) in [5.74, 6) is -2.50. The van der Waals surface area contributed by atoms with E-state index in [4.69, 9.17) is 16.0 Å². The van der Waals surface area contributed by atoms with Gasteiger partial charge in [0.05, 0.1) is 5.69 Å². The van der Waals surface area contributed by atoms with Crippen LogP contribution in [0, 0.1) is 11.6 Å². The molecule has 0 aliphatic carbocycles. The van der Waals surface area contributed by atoms with E-state index in [1.165, 1.54) is 6.07 Å². The fraction of sp³-hybridized carbons (Fsp3) is 0. The first-order chi connectivity index (χ1) is 14.0. The van der Waals surface area contributed by atoms with Crippen LogP contribution in [0.4, 0.5) is 20.2 Å². The van der Waals surface area contributed by atoms with E-state index in [1.54, 1.807) is 48.5 Å². The number of benzene rings is 3. The molecule has 1 aromatic heterocycles. The first kappa shape index (κ1) is 18.8. The van der Waals surface area contributed by atoms with Gasteiger partial charge in [-0.15, -0.1) is 0 Å². The second-order valence-electron chi connectivity index (χ2n) is 6.17. The van der Waals surface area contributed by atoms with Crippen LogP contribution < -0.4 is 10.9 Å². The minimum Gasteiger partial charge on any atom is -0.438 e. The van der Waals surface area contributed by atoms with Crippen molar-refractivity contribution in [3.63, 3.8) is 0 Å². The maximum Gasteiger partial charge on any atom is 0.261 e. The molecule has 0 saturated carbocycles. The first-order valence-corrected chi connectivity index (χ1v) is 8.97. The van der Waals surface area contributed by atoms with Crippen LogP contribution in [0.25, 0.3) is 11.0 Å². The Morgan fingerprint density at radius 2 is 1.69 bits per heavy atom. The highest BCUT2D eigenvalue weighted by atomic mass is 35.5. The third kappa shape index (κ3) is 4.17. The third-order valence-corrected chi connectivity index (χ3v) is 4.39. The van der Waals surface area contributed by atoms with Crippen LogP contribution in [-0.4, -0.2) is 5.91 Å².